The minimum absolute atomic E-state index is 0.359. The number of hydrogen-bond acceptors (Lipinski definition) is 4. The highest BCUT2D eigenvalue weighted by molar-refractivity contribution is 5.66. The summed E-state index contributed by atoms with van der Waals surface area (Å²) in [4.78, 5) is 10.9. The molecule has 0 radical (unpaired) electrons. The lowest BCUT2D eigenvalue weighted by Gasteiger charge is -2.30. The summed E-state index contributed by atoms with van der Waals surface area (Å²) < 4.78 is 0. The van der Waals surface area contributed by atoms with Crippen LogP contribution in [0.1, 0.15) is 24.6 Å². The molecule has 2 heterocycles. The minimum Gasteiger partial charge on any atom is -0.368 e. The lowest BCUT2D eigenvalue weighted by molar-refractivity contribution is 0.757. The summed E-state index contributed by atoms with van der Waals surface area (Å²) >= 11 is 0. The quantitative estimate of drug-likeness (QED) is 0.895. The predicted octanol–water partition coefficient (Wildman–Crippen LogP) is 2.71. The van der Waals surface area contributed by atoms with Gasteiger partial charge in [-0.05, 0) is 30.9 Å². The number of rotatable bonds is 2. The van der Waals surface area contributed by atoms with Crippen LogP contribution in [0.5, 0.6) is 0 Å². The molecule has 1 aliphatic heterocycles. The summed E-state index contributed by atoms with van der Waals surface area (Å²) in [6, 6.07) is 10.5. The van der Waals surface area contributed by atoms with E-state index in [1.54, 1.807) is 0 Å². The van der Waals surface area contributed by atoms with Crippen LogP contribution in [-0.4, -0.2) is 16.5 Å². The molecule has 1 aromatic carbocycles. The highest BCUT2D eigenvalue weighted by atomic mass is 15.2. The van der Waals surface area contributed by atoms with Gasteiger partial charge in [0, 0.05) is 24.0 Å². The molecule has 0 saturated heterocycles. The minimum atomic E-state index is 0.359. The van der Waals surface area contributed by atoms with Crippen LogP contribution in [0.25, 0.3) is 0 Å². The highest BCUT2D eigenvalue weighted by Gasteiger charge is 2.19. The summed E-state index contributed by atoms with van der Waals surface area (Å²) in [6.45, 7) is 3.06. The maximum absolute atomic E-state index is 5.81. The molecule has 0 spiro atoms. The van der Waals surface area contributed by atoms with E-state index in [4.69, 9.17) is 5.73 Å². The molecule has 0 saturated carbocycles. The first kappa shape index (κ1) is 12.0. The van der Waals surface area contributed by atoms with Gasteiger partial charge in [0.05, 0.1) is 0 Å². The van der Waals surface area contributed by atoms with Crippen LogP contribution < -0.4 is 10.6 Å². The van der Waals surface area contributed by atoms with Crippen molar-refractivity contribution in [3.05, 3.63) is 41.6 Å². The first-order valence-corrected chi connectivity index (χ1v) is 6.77. The summed E-state index contributed by atoms with van der Waals surface area (Å²) in [6.07, 6.45) is 3.14. The molecule has 0 atom stereocenters. The normalized spacial score (nSPS) is 14.3. The third-order valence-electron chi connectivity index (χ3n) is 3.53. The van der Waals surface area contributed by atoms with E-state index in [1.165, 1.54) is 11.3 Å². The van der Waals surface area contributed by atoms with Gasteiger partial charge in [0.15, 0.2) is 0 Å². The maximum atomic E-state index is 5.81. The van der Waals surface area contributed by atoms with E-state index in [9.17, 15) is 0 Å². The lowest BCUT2D eigenvalue weighted by atomic mass is 10.0. The Bertz CT molecular complexity index is 594. The first-order valence-electron chi connectivity index (χ1n) is 6.77. The number of hydrogen-bond donors (Lipinski definition) is 1. The largest absolute Gasteiger partial charge is 0.368 e. The maximum Gasteiger partial charge on any atom is 0.222 e. The average molecular weight is 254 g/mol. The Morgan fingerprint density at radius 2 is 2.11 bits per heavy atom. The third kappa shape index (κ3) is 2.26. The summed E-state index contributed by atoms with van der Waals surface area (Å²) in [5.41, 5.74) is 9.43. The predicted molar refractivity (Wildman–Crippen MR) is 77.6 cm³/mol. The third-order valence-corrected chi connectivity index (χ3v) is 3.53. The molecule has 0 aliphatic carbocycles. The van der Waals surface area contributed by atoms with Gasteiger partial charge in [-0.1, -0.05) is 25.1 Å². The molecule has 4 nitrogen and oxygen atoms in total. The standard InChI is InChI=1S/C15H18N4/c1-2-12-10-14(18-15(16)17-12)19-9-5-7-11-6-3-4-8-13(11)19/h3-4,6,8,10H,2,5,7,9H2,1H3,(H2,16,17,18). The number of nitrogens with zero attached hydrogens (tertiary/aromatic N) is 3. The molecule has 1 aliphatic rings. The second-order valence-corrected chi connectivity index (χ2v) is 4.81. The number of aromatic nitrogens is 2. The SMILES string of the molecule is CCc1cc(N2CCCc3ccccc32)nc(N)n1. The number of para-hydroxylation sites is 1. The fourth-order valence-electron chi connectivity index (χ4n) is 2.59. The van der Waals surface area contributed by atoms with Gasteiger partial charge in [0.1, 0.15) is 5.82 Å². The van der Waals surface area contributed by atoms with Crippen molar-refractivity contribution in [3.8, 4) is 0 Å². The average Bonchev–Trinajstić information content (AvgIpc) is 2.46. The number of aryl methyl sites for hydroxylation is 2. The van der Waals surface area contributed by atoms with E-state index < -0.39 is 0 Å². The van der Waals surface area contributed by atoms with Crippen LogP contribution in [0, 0.1) is 0 Å². The van der Waals surface area contributed by atoms with Crippen molar-refractivity contribution in [2.24, 2.45) is 0 Å². The molecule has 2 N–H and O–H groups in total. The van der Waals surface area contributed by atoms with Gasteiger partial charge in [0.25, 0.3) is 0 Å². The number of benzene rings is 1. The Balaban J connectivity index is 2.06. The van der Waals surface area contributed by atoms with Gasteiger partial charge in [-0.3, -0.25) is 0 Å². The Morgan fingerprint density at radius 1 is 1.26 bits per heavy atom. The topological polar surface area (TPSA) is 55.0 Å². The van der Waals surface area contributed by atoms with Crippen LogP contribution in [0.4, 0.5) is 17.5 Å². The highest BCUT2D eigenvalue weighted by Crippen LogP contribution is 2.32. The Morgan fingerprint density at radius 3 is 2.95 bits per heavy atom. The van der Waals surface area contributed by atoms with Crippen LogP contribution >= 0.6 is 0 Å². The van der Waals surface area contributed by atoms with Gasteiger partial charge in [-0.15, -0.1) is 0 Å². The Labute approximate surface area is 113 Å². The Hall–Kier alpha value is -2.10. The van der Waals surface area contributed by atoms with E-state index in [2.05, 4.69) is 46.1 Å². The zero-order valence-corrected chi connectivity index (χ0v) is 11.1. The molecule has 19 heavy (non-hydrogen) atoms. The molecule has 1 aromatic heterocycles. The lowest BCUT2D eigenvalue weighted by Crippen LogP contribution is -2.25. The molecule has 0 amide bonds. The van der Waals surface area contributed by atoms with Crippen LogP contribution in [-0.2, 0) is 12.8 Å². The fourth-order valence-corrected chi connectivity index (χ4v) is 2.59. The molecular formula is C15H18N4. The van der Waals surface area contributed by atoms with Gasteiger partial charge < -0.3 is 10.6 Å². The van der Waals surface area contributed by atoms with Crippen LogP contribution in [0.3, 0.4) is 0 Å². The summed E-state index contributed by atoms with van der Waals surface area (Å²) in [5.74, 6) is 1.27. The molecule has 4 heteroatoms. The van der Waals surface area contributed by atoms with Crippen molar-refractivity contribution in [1.82, 2.24) is 9.97 Å². The number of nitrogens with two attached hydrogens (primary N) is 1. The summed E-state index contributed by atoms with van der Waals surface area (Å²) in [5, 5.41) is 0. The van der Waals surface area contributed by atoms with E-state index in [0.717, 1.165) is 37.3 Å². The van der Waals surface area contributed by atoms with Gasteiger partial charge in [-0.25, -0.2) is 4.98 Å². The zero-order chi connectivity index (χ0) is 13.2. The molecule has 2 aromatic rings. The van der Waals surface area contributed by atoms with E-state index in [0.29, 0.717) is 5.95 Å². The van der Waals surface area contributed by atoms with Crippen molar-refractivity contribution >= 4 is 17.5 Å². The number of fused-ring (bicyclic) bond motifs is 1. The van der Waals surface area contributed by atoms with E-state index >= 15 is 0 Å². The van der Waals surface area contributed by atoms with Crippen LogP contribution in [0.15, 0.2) is 30.3 Å². The van der Waals surface area contributed by atoms with Crippen molar-refractivity contribution < 1.29 is 0 Å². The molecule has 0 fully saturated rings. The number of anilines is 3. The molecule has 3 rings (SSSR count). The van der Waals surface area contributed by atoms with Crippen molar-refractivity contribution in [1.29, 1.82) is 0 Å². The number of nitrogen functional groups attached to an aromatic ring is 1. The van der Waals surface area contributed by atoms with Crippen LogP contribution in [0.2, 0.25) is 0 Å². The molecule has 0 bridgehead atoms. The van der Waals surface area contributed by atoms with Crippen molar-refractivity contribution in [2.45, 2.75) is 26.2 Å². The zero-order valence-electron chi connectivity index (χ0n) is 11.1. The monoisotopic (exact) mass is 254 g/mol. The van der Waals surface area contributed by atoms with E-state index in [1.807, 2.05) is 6.07 Å². The summed E-state index contributed by atoms with van der Waals surface area (Å²) in [7, 11) is 0. The van der Waals surface area contributed by atoms with Gasteiger partial charge in [0.2, 0.25) is 5.95 Å². The smallest absolute Gasteiger partial charge is 0.222 e. The van der Waals surface area contributed by atoms with Crippen molar-refractivity contribution in [3.63, 3.8) is 0 Å². The molecule has 98 valence electrons. The van der Waals surface area contributed by atoms with E-state index in [-0.39, 0.29) is 0 Å². The van der Waals surface area contributed by atoms with Gasteiger partial charge in [-0.2, -0.15) is 4.98 Å². The Kier molecular flexibility index (Phi) is 3.07. The second-order valence-electron chi connectivity index (χ2n) is 4.81. The fraction of sp³-hybridized carbons (Fsp3) is 0.333. The first-order chi connectivity index (χ1) is 9.28. The molecule has 0 unspecified atom stereocenters. The van der Waals surface area contributed by atoms with Gasteiger partial charge >= 0.3 is 0 Å². The molecular weight excluding hydrogens is 236 g/mol. The van der Waals surface area contributed by atoms with Crippen molar-refractivity contribution in [2.75, 3.05) is 17.2 Å². The second kappa shape index (κ2) is 4.88.